The molecule has 0 saturated carbocycles. The summed E-state index contributed by atoms with van der Waals surface area (Å²) in [6.07, 6.45) is 3.38. The molecule has 0 atom stereocenters. The largest absolute Gasteiger partial charge is 0.380 e. The Labute approximate surface area is 105 Å². The summed E-state index contributed by atoms with van der Waals surface area (Å²) in [5.74, 6) is 0.603. The van der Waals surface area contributed by atoms with Gasteiger partial charge >= 0.3 is 0 Å². The first-order chi connectivity index (χ1) is 8.81. The number of aromatic amines is 1. The third-order valence-corrected chi connectivity index (χ3v) is 2.53. The maximum atomic E-state index is 12.0. The fourth-order valence-corrected chi connectivity index (χ4v) is 1.68. The Morgan fingerprint density at radius 2 is 2.28 bits per heavy atom. The molecule has 5 heteroatoms. The molecule has 94 valence electrons. The van der Waals surface area contributed by atoms with Gasteiger partial charge in [0.1, 0.15) is 5.82 Å². The summed E-state index contributed by atoms with van der Waals surface area (Å²) in [6, 6.07) is 7.38. The van der Waals surface area contributed by atoms with Gasteiger partial charge in [0.2, 0.25) is 0 Å². The van der Waals surface area contributed by atoms with Crippen molar-refractivity contribution in [2.45, 2.75) is 13.2 Å². The number of imidazole rings is 1. The van der Waals surface area contributed by atoms with Crippen LogP contribution < -0.4 is 5.32 Å². The Kier molecular flexibility index (Phi) is 4.09. The Hall–Kier alpha value is -2.14. The molecule has 1 heterocycles. The van der Waals surface area contributed by atoms with E-state index in [-0.39, 0.29) is 5.91 Å². The molecule has 1 aromatic carbocycles. The highest BCUT2D eigenvalue weighted by Gasteiger charge is 2.10. The first-order valence-electron chi connectivity index (χ1n) is 5.64. The second-order valence-electron chi connectivity index (χ2n) is 3.81. The number of nitrogens with zero attached hydrogens (tertiary/aromatic N) is 1. The normalized spacial score (nSPS) is 10.3. The summed E-state index contributed by atoms with van der Waals surface area (Å²) in [4.78, 5) is 19.0. The Balaban J connectivity index is 2.04. The zero-order valence-corrected chi connectivity index (χ0v) is 10.1. The van der Waals surface area contributed by atoms with Crippen molar-refractivity contribution in [1.29, 1.82) is 0 Å². The van der Waals surface area contributed by atoms with Crippen LogP contribution in [0.4, 0.5) is 0 Å². The number of methoxy groups -OCH3 is 1. The molecule has 0 aliphatic rings. The van der Waals surface area contributed by atoms with Gasteiger partial charge in [0, 0.05) is 25.1 Å². The number of hydrogen-bond donors (Lipinski definition) is 2. The number of carbonyl (C=O) groups excluding carboxylic acids is 1. The van der Waals surface area contributed by atoms with Crippen LogP contribution in [-0.4, -0.2) is 23.0 Å². The van der Waals surface area contributed by atoms with Crippen LogP contribution in [0.3, 0.4) is 0 Å². The van der Waals surface area contributed by atoms with Crippen molar-refractivity contribution in [3.8, 4) is 0 Å². The molecule has 5 nitrogen and oxygen atoms in total. The maximum Gasteiger partial charge on any atom is 0.252 e. The Bertz CT molecular complexity index is 509. The molecule has 18 heavy (non-hydrogen) atoms. The first kappa shape index (κ1) is 12.3. The molecule has 2 N–H and O–H groups in total. The minimum Gasteiger partial charge on any atom is -0.380 e. The smallest absolute Gasteiger partial charge is 0.252 e. The van der Waals surface area contributed by atoms with Crippen LogP contribution in [0, 0.1) is 0 Å². The van der Waals surface area contributed by atoms with E-state index < -0.39 is 0 Å². The fraction of sp³-hybridized carbons (Fsp3) is 0.231. The molecule has 1 aromatic heterocycles. The quantitative estimate of drug-likeness (QED) is 0.838. The van der Waals surface area contributed by atoms with Crippen LogP contribution in [0.15, 0.2) is 36.7 Å². The standard InChI is InChI=1S/C13H15N3O2/c1-18-9-10-4-2-3-5-11(10)13(17)16-8-12-14-6-7-15-12/h2-7H,8-9H2,1H3,(H,14,15)(H,16,17). The number of aromatic nitrogens is 2. The van der Waals surface area contributed by atoms with Crippen molar-refractivity contribution >= 4 is 5.91 Å². The molecule has 0 aliphatic heterocycles. The molecule has 0 unspecified atom stereocenters. The summed E-state index contributed by atoms with van der Waals surface area (Å²) >= 11 is 0. The van der Waals surface area contributed by atoms with E-state index in [1.165, 1.54) is 0 Å². The third kappa shape index (κ3) is 2.95. The highest BCUT2D eigenvalue weighted by molar-refractivity contribution is 5.95. The van der Waals surface area contributed by atoms with Crippen molar-refractivity contribution in [3.05, 3.63) is 53.6 Å². The lowest BCUT2D eigenvalue weighted by atomic mass is 10.1. The molecule has 2 aromatic rings. The third-order valence-electron chi connectivity index (χ3n) is 2.53. The summed E-state index contributed by atoms with van der Waals surface area (Å²) in [5.41, 5.74) is 1.50. The minimum atomic E-state index is -0.126. The molecule has 0 aliphatic carbocycles. The van der Waals surface area contributed by atoms with E-state index in [1.807, 2.05) is 18.2 Å². The average Bonchev–Trinajstić information content (AvgIpc) is 2.90. The van der Waals surface area contributed by atoms with Crippen molar-refractivity contribution in [2.75, 3.05) is 7.11 Å². The van der Waals surface area contributed by atoms with E-state index in [4.69, 9.17) is 4.74 Å². The number of ether oxygens (including phenoxy) is 1. The number of carbonyl (C=O) groups is 1. The molecule has 1 amide bonds. The molecular weight excluding hydrogens is 230 g/mol. The fourth-order valence-electron chi connectivity index (χ4n) is 1.68. The van der Waals surface area contributed by atoms with Gasteiger partial charge in [-0.3, -0.25) is 4.79 Å². The second-order valence-corrected chi connectivity index (χ2v) is 3.81. The maximum absolute atomic E-state index is 12.0. The van der Waals surface area contributed by atoms with E-state index in [0.717, 1.165) is 11.4 Å². The lowest BCUT2D eigenvalue weighted by Gasteiger charge is -2.08. The van der Waals surface area contributed by atoms with Crippen LogP contribution in [0.1, 0.15) is 21.7 Å². The van der Waals surface area contributed by atoms with Crippen LogP contribution >= 0.6 is 0 Å². The van der Waals surface area contributed by atoms with Gasteiger partial charge in [0.05, 0.1) is 13.2 Å². The van der Waals surface area contributed by atoms with Gasteiger partial charge in [-0.15, -0.1) is 0 Å². The van der Waals surface area contributed by atoms with Gasteiger partial charge in [-0.2, -0.15) is 0 Å². The number of benzene rings is 1. The van der Waals surface area contributed by atoms with Crippen LogP contribution in [-0.2, 0) is 17.9 Å². The number of nitrogens with one attached hydrogen (secondary N) is 2. The van der Waals surface area contributed by atoms with E-state index in [2.05, 4.69) is 15.3 Å². The predicted molar refractivity (Wildman–Crippen MR) is 66.9 cm³/mol. The van der Waals surface area contributed by atoms with E-state index in [1.54, 1.807) is 25.6 Å². The zero-order valence-electron chi connectivity index (χ0n) is 10.1. The number of amides is 1. The number of hydrogen-bond acceptors (Lipinski definition) is 3. The summed E-state index contributed by atoms with van der Waals surface area (Å²) in [6.45, 7) is 0.803. The summed E-state index contributed by atoms with van der Waals surface area (Å²) < 4.78 is 5.07. The van der Waals surface area contributed by atoms with Gasteiger partial charge in [-0.1, -0.05) is 18.2 Å². The van der Waals surface area contributed by atoms with E-state index >= 15 is 0 Å². The van der Waals surface area contributed by atoms with Crippen LogP contribution in [0.2, 0.25) is 0 Å². The monoisotopic (exact) mass is 245 g/mol. The molecule has 0 spiro atoms. The van der Waals surface area contributed by atoms with Crippen LogP contribution in [0.25, 0.3) is 0 Å². The van der Waals surface area contributed by atoms with Gasteiger partial charge in [0.15, 0.2) is 0 Å². The molecule has 0 fully saturated rings. The summed E-state index contributed by atoms with van der Waals surface area (Å²) in [7, 11) is 1.61. The number of H-pyrrole nitrogens is 1. The summed E-state index contributed by atoms with van der Waals surface area (Å²) in [5, 5.41) is 2.81. The van der Waals surface area contributed by atoms with Gasteiger partial charge in [0.25, 0.3) is 5.91 Å². The highest BCUT2D eigenvalue weighted by Crippen LogP contribution is 2.09. The lowest BCUT2D eigenvalue weighted by molar-refractivity contribution is 0.0945. The van der Waals surface area contributed by atoms with Crippen molar-refractivity contribution in [3.63, 3.8) is 0 Å². The van der Waals surface area contributed by atoms with Gasteiger partial charge in [-0.05, 0) is 11.6 Å². The Morgan fingerprint density at radius 1 is 1.44 bits per heavy atom. The molecular formula is C13H15N3O2. The molecule has 0 bridgehead atoms. The topological polar surface area (TPSA) is 67.0 Å². The SMILES string of the molecule is COCc1ccccc1C(=O)NCc1ncc[nH]1. The van der Waals surface area contributed by atoms with Gasteiger partial charge in [-0.25, -0.2) is 4.98 Å². The van der Waals surface area contributed by atoms with Crippen LogP contribution in [0.5, 0.6) is 0 Å². The molecule has 2 rings (SSSR count). The first-order valence-corrected chi connectivity index (χ1v) is 5.64. The predicted octanol–water partition coefficient (Wildman–Crippen LogP) is 1.49. The Morgan fingerprint density at radius 3 is 3.00 bits per heavy atom. The van der Waals surface area contributed by atoms with Crippen molar-refractivity contribution in [1.82, 2.24) is 15.3 Å². The molecule has 0 saturated heterocycles. The second kappa shape index (κ2) is 5.97. The van der Waals surface area contributed by atoms with Crippen molar-refractivity contribution in [2.24, 2.45) is 0 Å². The van der Waals surface area contributed by atoms with E-state index in [0.29, 0.717) is 18.7 Å². The van der Waals surface area contributed by atoms with Gasteiger partial charge < -0.3 is 15.0 Å². The molecule has 0 radical (unpaired) electrons. The average molecular weight is 245 g/mol. The van der Waals surface area contributed by atoms with E-state index in [9.17, 15) is 4.79 Å². The zero-order chi connectivity index (χ0) is 12.8. The number of rotatable bonds is 5. The lowest BCUT2D eigenvalue weighted by Crippen LogP contribution is -2.24. The minimum absolute atomic E-state index is 0.126. The van der Waals surface area contributed by atoms with Crippen molar-refractivity contribution < 1.29 is 9.53 Å². The highest BCUT2D eigenvalue weighted by atomic mass is 16.5.